The van der Waals surface area contributed by atoms with Gasteiger partial charge in [0.25, 0.3) is 0 Å². The first-order valence-electron chi connectivity index (χ1n) is 31.2. The van der Waals surface area contributed by atoms with Crippen LogP contribution in [0.1, 0.15) is 290 Å². The average Bonchev–Trinajstić information content (AvgIpc) is 3.41. The van der Waals surface area contributed by atoms with Crippen LogP contribution >= 0.6 is 7.82 Å². The van der Waals surface area contributed by atoms with Crippen molar-refractivity contribution in [3.8, 4) is 0 Å². The summed E-state index contributed by atoms with van der Waals surface area (Å²) < 4.78 is 39.6. The smallest absolute Gasteiger partial charge is 0.462 e. The van der Waals surface area contributed by atoms with Crippen LogP contribution in [0.15, 0.2) is 60.8 Å². The summed E-state index contributed by atoms with van der Waals surface area (Å²) in [5, 5.41) is 9.84. The number of aliphatic hydroxyl groups excluding tert-OH is 1. The third-order valence-corrected chi connectivity index (χ3v) is 14.4. The van der Waals surface area contributed by atoms with Crippen LogP contribution in [0.2, 0.25) is 0 Å². The Morgan fingerprint density at radius 1 is 0.382 bits per heavy atom. The molecule has 0 aliphatic carbocycles. The van der Waals surface area contributed by atoms with Crippen molar-refractivity contribution in [2.24, 2.45) is 0 Å². The molecular formula is C64H115O11P. The van der Waals surface area contributed by atoms with Gasteiger partial charge in [-0.1, -0.05) is 248 Å². The van der Waals surface area contributed by atoms with Crippen LogP contribution in [0, 0.1) is 0 Å². The van der Waals surface area contributed by atoms with E-state index in [0.29, 0.717) is 19.3 Å². The highest BCUT2D eigenvalue weighted by Crippen LogP contribution is 2.43. The number of aliphatic hydroxyl groups is 1. The zero-order valence-electron chi connectivity index (χ0n) is 49.0. The first-order chi connectivity index (χ1) is 37.2. The summed E-state index contributed by atoms with van der Waals surface area (Å²) in [5.41, 5.74) is 0. The maximum absolute atomic E-state index is 12.9. The monoisotopic (exact) mass is 1090 g/mol. The van der Waals surface area contributed by atoms with E-state index in [9.17, 15) is 28.9 Å². The lowest BCUT2D eigenvalue weighted by atomic mass is 10.0. The highest BCUT2D eigenvalue weighted by atomic mass is 31.2. The number of carbonyl (C=O) groups is 3. The van der Waals surface area contributed by atoms with Crippen molar-refractivity contribution in [3.63, 3.8) is 0 Å². The molecule has 12 heteroatoms. The molecule has 0 bridgehead atoms. The molecule has 0 amide bonds. The topological polar surface area (TPSA) is 155 Å². The lowest BCUT2D eigenvalue weighted by Gasteiger charge is -2.21. The molecule has 3 unspecified atom stereocenters. The number of hydrogen-bond donors (Lipinski definition) is 2. The number of rotatable bonds is 58. The van der Waals surface area contributed by atoms with Crippen LogP contribution in [-0.4, -0.2) is 66.5 Å². The summed E-state index contributed by atoms with van der Waals surface area (Å²) in [5.74, 6) is -1.48. The third kappa shape index (κ3) is 55.9. The van der Waals surface area contributed by atoms with E-state index in [1.165, 1.54) is 135 Å². The van der Waals surface area contributed by atoms with Crippen LogP contribution in [-0.2, 0) is 42.2 Å². The lowest BCUT2D eigenvalue weighted by molar-refractivity contribution is -0.161. The molecule has 11 nitrogen and oxygen atoms in total. The van der Waals surface area contributed by atoms with Crippen molar-refractivity contribution < 1.29 is 52.2 Å². The maximum atomic E-state index is 12.9. The van der Waals surface area contributed by atoms with Gasteiger partial charge < -0.3 is 24.2 Å². The van der Waals surface area contributed by atoms with Gasteiger partial charge in [0.05, 0.1) is 19.8 Å². The average molecular weight is 1090 g/mol. The zero-order valence-corrected chi connectivity index (χ0v) is 49.9. The van der Waals surface area contributed by atoms with E-state index in [-0.39, 0.29) is 25.9 Å². The Hall–Kier alpha value is -2.82. The van der Waals surface area contributed by atoms with Crippen molar-refractivity contribution in [3.05, 3.63) is 60.8 Å². The highest BCUT2D eigenvalue weighted by Gasteiger charge is 2.28. The molecule has 0 radical (unpaired) electrons. The number of esters is 3. The minimum absolute atomic E-state index is 0.141. The minimum atomic E-state index is -4.76. The summed E-state index contributed by atoms with van der Waals surface area (Å²) in [6.45, 7) is 4.54. The van der Waals surface area contributed by atoms with Gasteiger partial charge in [-0.15, -0.1) is 0 Å². The predicted molar refractivity (Wildman–Crippen MR) is 316 cm³/mol. The van der Waals surface area contributed by atoms with Gasteiger partial charge in [0.2, 0.25) is 0 Å². The van der Waals surface area contributed by atoms with E-state index in [1.807, 2.05) is 0 Å². The molecule has 0 aliphatic heterocycles. The number of allylic oxidation sites excluding steroid dienone is 10. The number of phosphoric ester groups is 1. The fourth-order valence-electron chi connectivity index (χ4n) is 8.70. The second kappa shape index (κ2) is 58.3. The van der Waals surface area contributed by atoms with Crippen molar-refractivity contribution in [1.29, 1.82) is 0 Å². The molecule has 0 spiro atoms. The fraction of sp³-hybridized carbons (Fsp3) is 0.797. The van der Waals surface area contributed by atoms with Crippen LogP contribution in [0.3, 0.4) is 0 Å². The molecule has 0 aromatic carbocycles. The van der Waals surface area contributed by atoms with Gasteiger partial charge in [-0.2, -0.15) is 0 Å². The Bertz CT molecular complexity index is 1510. The lowest BCUT2D eigenvalue weighted by Crippen LogP contribution is -2.30. The van der Waals surface area contributed by atoms with Crippen molar-refractivity contribution in [1.82, 2.24) is 0 Å². The molecule has 0 aliphatic rings. The largest absolute Gasteiger partial charge is 0.472 e. The fourth-order valence-corrected chi connectivity index (χ4v) is 9.48. The Labute approximate surface area is 465 Å². The summed E-state index contributed by atoms with van der Waals surface area (Å²) in [6, 6.07) is 0. The molecule has 2 N–H and O–H groups in total. The van der Waals surface area contributed by atoms with Gasteiger partial charge in [0.1, 0.15) is 12.7 Å². The van der Waals surface area contributed by atoms with Gasteiger partial charge in [0, 0.05) is 19.3 Å². The third-order valence-electron chi connectivity index (χ3n) is 13.4. The summed E-state index contributed by atoms with van der Waals surface area (Å²) in [4.78, 5) is 48.7. The van der Waals surface area contributed by atoms with Crippen molar-refractivity contribution in [2.75, 3.05) is 26.4 Å². The Morgan fingerprint density at radius 3 is 1.07 bits per heavy atom. The van der Waals surface area contributed by atoms with E-state index in [2.05, 4.69) is 81.5 Å². The number of unbranched alkanes of at least 4 members (excludes halogenated alkanes) is 31. The van der Waals surface area contributed by atoms with Gasteiger partial charge >= 0.3 is 25.7 Å². The second-order valence-corrected chi connectivity index (χ2v) is 22.3. The van der Waals surface area contributed by atoms with E-state index < -0.39 is 57.8 Å². The number of carbonyl (C=O) groups excluding carboxylic acids is 3. The Kier molecular flexibility index (Phi) is 56.2. The van der Waals surface area contributed by atoms with E-state index in [0.717, 1.165) is 96.3 Å². The van der Waals surface area contributed by atoms with Crippen LogP contribution in [0.4, 0.5) is 0 Å². The van der Waals surface area contributed by atoms with Gasteiger partial charge in [-0.3, -0.25) is 23.4 Å². The van der Waals surface area contributed by atoms with E-state index >= 15 is 0 Å². The Morgan fingerprint density at radius 2 is 0.684 bits per heavy atom. The van der Waals surface area contributed by atoms with Gasteiger partial charge in [-0.25, -0.2) is 4.57 Å². The summed E-state index contributed by atoms with van der Waals surface area (Å²) >= 11 is 0. The summed E-state index contributed by atoms with van der Waals surface area (Å²) in [6.07, 6.45) is 64.5. The number of hydrogen-bond acceptors (Lipinski definition) is 10. The van der Waals surface area contributed by atoms with Crippen LogP contribution < -0.4 is 0 Å². The normalized spacial score (nSPS) is 13.7. The van der Waals surface area contributed by atoms with E-state index in [4.69, 9.17) is 23.3 Å². The van der Waals surface area contributed by atoms with Crippen LogP contribution in [0.25, 0.3) is 0 Å². The molecular weight excluding hydrogens is 976 g/mol. The van der Waals surface area contributed by atoms with Gasteiger partial charge in [-0.05, 0) is 83.5 Å². The number of ether oxygens (including phenoxy) is 3. The van der Waals surface area contributed by atoms with E-state index in [1.54, 1.807) is 0 Å². The van der Waals surface area contributed by atoms with Crippen molar-refractivity contribution >= 4 is 25.7 Å². The zero-order chi connectivity index (χ0) is 55.5. The highest BCUT2D eigenvalue weighted by molar-refractivity contribution is 7.47. The maximum Gasteiger partial charge on any atom is 0.472 e. The first kappa shape index (κ1) is 73.2. The SMILES string of the molecule is CC/C=C\C/C=C\C/C=C\C/C=C\CCCCCCC(=O)OC(COC(=O)CCCCCCCCCCCCCCCCC)COP(=O)(O)OCC(CO)OC(=O)CCCCCCCCC/C=C\CCCCCCCC. The molecule has 0 aromatic rings. The standard InChI is InChI=1S/C64H115O11P/c1-4-7-10-13-16-19-22-25-28-30-33-36-39-42-45-48-51-54-63(67)74-60(56-65)58-72-76(69,70)73-59-61(57-71-62(66)53-50-47-44-41-38-35-32-27-24-21-18-15-12-9-6-3)75-64(68)55-52-49-46-43-40-37-34-31-29-26-23-20-17-14-11-8-5-2/h8,11,17,20,25-26,28-29,34,37,60-61,65H,4-7,9-10,12-16,18-19,21-24,27,30-33,35-36,38-59H2,1-3H3,(H,69,70)/b11-8-,20-17-,28-25-,29-26-,37-34-. The molecule has 0 rings (SSSR count). The van der Waals surface area contributed by atoms with Gasteiger partial charge in [0.15, 0.2) is 6.10 Å². The molecule has 0 saturated heterocycles. The molecule has 76 heavy (non-hydrogen) atoms. The first-order valence-corrected chi connectivity index (χ1v) is 32.7. The molecule has 3 atom stereocenters. The minimum Gasteiger partial charge on any atom is -0.462 e. The number of phosphoric acid groups is 1. The quantitative estimate of drug-likeness (QED) is 0.0197. The summed E-state index contributed by atoms with van der Waals surface area (Å²) in [7, 11) is -4.76. The van der Waals surface area contributed by atoms with Crippen LogP contribution in [0.5, 0.6) is 0 Å². The molecule has 0 saturated carbocycles. The molecule has 0 aromatic heterocycles. The second-order valence-electron chi connectivity index (χ2n) is 20.8. The van der Waals surface area contributed by atoms with Crippen molar-refractivity contribution in [2.45, 2.75) is 303 Å². The predicted octanol–water partition coefficient (Wildman–Crippen LogP) is 18.7. The molecule has 0 fully saturated rings. The Balaban J connectivity index is 4.71. The molecule has 442 valence electrons. The molecule has 0 heterocycles.